The van der Waals surface area contributed by atoms with Gasteiger partial charge in [0.15, 0.2) is 5.66 Å². The fourth-order valence-corrected chi connectivity index (χ4v) is 4.73. The maximum absolute atomic E-state index is 12.6. The first kappa shape index (κ1) is 22.6. The van der Waals surface area contributed by atoms with Crippen molar-refractivity contribution in [2.75, 3.05) is 37.8 Å². The molecule has 2 aromatic carbocycles. The van der Waals surface area contributed by atoms with Crippen LogP contribution in [0.15, 0.2) is 58.5 Å². The van der Waals surface area contributed by atoms with Crippen molar-refractivity contribution < 1.29 is 9.53 Å². The molecule has 0 bridgehead atoms. The van der Waals surface area contributed by atoms with E-state index in [0.717, 1.165) is 53.7 Å². The Hall–Kier alpha value is -2.64. The summed E-state index contributed by atoms with van der Waals surface area (Å²) in [5, 5.41) is 3.82. The van der Waals surface area contributed by atoms with E-state index in [2.05, 4.69) is 48.5 Å². The number of carbonyl (C=O) groups excluding carboxylic acids is 1. The number of hydrogen-bond donors (Lipinski definition) is 1. The Balaban J connectivity index is 1.45. The van der Waals surface area contributed by atoms with Crippen LogP contribution >= 0.6 is 11.8 Å². The molecule has 1 N–H and O–H groups in total. The molecule has 1 amide bonds. The molecule has 1 spiro atoms. The highest BCUT2D eigenvalue weighted by atomic mass is 32.2. The van der Waals surface area contributed by atoms with Gasteiger partial charge in [0, 0.05) is 37.2 Å². The lowest BCUT2D eigenvalue weighted by Gasteiger charge is -2.33. The lowest BCUT2D eigenvalue weighted by Crippen LogP contribution is -2.39. The van der Waals surface area contributed by atoms with Gasteiger partial charge in [-0.3, -0.25) is 9.79 Å². The molecule has 2 aromatic rings. The second-order valence-electron chi connectivity index (χ2n) is 8.32. The van der Waals surface area contributed by atoms with Crippen molar-refractivity contribution in [2.45, 2.75) is 32.4 Å². The van der Waals surface area contributed by atoms with Gasteiger partial charge < -0.3 is 15.0 Å². The van der Waals surface area contributed by atoms with Gasteiger partial charge in [0.2, 0.25) is 5.91 Å². The predicted molar refractivity (Wildman–Crippen MR) is 133 cm³/mol. The molecule has 0 unspecified atom stereocenters. The van der Waals surface area contributed by atoms with E-state index in [4.69, 9.17) is 14.7 Å². The Morgan fingerprint density at radius 3 is 2.44 bits per heavy atom. The van der Waals surface area contributed by atoms with Crippen LogP contribution in [0.25, 0.3) is 0 Å². The number of benzene rings is 2. The van der Waals surface area contributed by atoms with Crippen LogP contribution in [-0.4, -0.2) is 59.7 Å². The summed E-state index contributed by atoms with van der Waals surface area (Å²) < 4.78 is 5.45. The zero-order valence-corrected chi connectivity index (χ0v) is 19.7. The van der Waals surface area contributed by atoms with E-state index in [1.807, 2.05) is 31.2 Å². The highest BCUT2D eigenvalue weighted by Gasteiger charge is 2.39. The number of nitrogens with one attached hydrogen (secondary N) is 1. The van der Waals surface area contributed by atoms with Crippen LogP contribution in [0.1, 0.15) is 30.9 Å². The quantitative estimate of drug-likeness (QED) is 0.709. The molecular weight excluding hydrogens is 420 g/mol. The first-order valence-electron chi connectivity index (χ1n) is 11.1. The second kappa shape index (κ2) is 9.88. The summed E-state index contributed by atoms with van der Waals surface area (Å²) >= 11 is 1.47. The third-order valence-corrected chi connectivity index (χ3v) is 6.70. The number of rotatable bonds is 6. The summed E-state index contributed by atoms with van der Waals surface area (Å²) in [5.41, 5.74) is 3.55. The molecule has 168 valence electrons. The molecule has 2 aliphatic heterocycles. The molecule has 1 fully saturated rings. The third-order valence-electron chi connectivity index (χ3n) is 5.73. The average Bonchev–Trinajstić information content (AvgIpc) is 3.15. The van der Waals surface area contributed by atoms with Crippen molar-refractivity contribution in [3.05, 3.63) is 59.7 Å². The van der Waals surface area contributed by atoms with E-state index in [0.29, 0.717) is 6.61 Å². The van der Waals surface area contributed by atoms with E-state index in [9.17, 15) is 4.79 Å². The number of aryl methyl sites for hydroxylation is 1. The van der Waals surface area contributed by atoms with Gasteiger partial charge in [-0.15, -0.1) is 0 Å². The van der Waals surface area contributed by atoms with E-state index in [-0.39, 0.29) is 17.3 Å². The van der Waals surface area contributed by atoms with Gasteiger partial charge in [-0.25, -0.2) is 4.99 Å². The highest BCUT2D eigenvalue weighted by molar-refractivity contribution is 8.16. The van der Waals surface area contributed by atoms with Gasteiger partial charge in [-0.1, -0.05) is 41.6 Å². The molecule has 0 aromatic heterocycles. The summed E-state index contributed by atoms with van der Waals surface area (Å²) in [6.07, 6.45) is 1.81. The lowest BCUT2D eigenvalue weighted by molar-refractivity contribution is -0.113. The van der Waals surface area contributed by atoms with Gasteiger partial charge >= 0.3 is 0 Å². The molecule has 0 atom stereocenters. The van der Waals surface area contributed by atoms with Crippen LogP contribution < -0.4 is 10.1 Å². The van der Waals surface area contributed by atoms with Crippen LogP contribution in [0.5, 0.6) is 5.75 Å². The van der Waals surface area contributed by atoms with Crippen molar-refractivity contribution in [2.24, 2.45) is 9.98 Å². The van der Waals surface area contributed by atoms with E-state index in [1.54, 1.807) is 0 Å². The molecule has 1 saturated heterocycles. The van der Waals surface area contributed by atoms with Crippen molar-refractivity contribution in [1.82, 2.24) is 4.90 Å². The monoisotopic (exact) mass is 450 g/mol. The summed E-state index contributed by atoms with van der Waals surface area (Å²) in [6.45, 7) is 6.60. The maximum atomic E-state index is 12.6. The number of nitrogens with zero attached hydrogens (tertiary/aromatic N) is 3. The molecule has 6 nitrogen and oxygen atoms in total. The van der Waals surface area contributed by atoms with Crippen LogP contribution in [0.4, 0.5) is 5.69 Å². The van der Waals surface area contributed by atoms with Crippen molar-refractivity contribution >= 4 is 34.1 Å². The standard InChI is InChI=1S/C25H30N4O2S/c1-4-31-21-11-9-20(10-12-21)26-22(30)17-32-24-23(19-7-5-18(2)6-8-19)27-25(28-24)13-15-29(3)16-14-25/h5-12H,4,13-17H2,1-3H3,(H,26,30). The molecule has 7 heteroatoms. The number of amides is 1. The van der Waals surface area contributed by atoms with Gasteiger partial charge in [-0.05, 0) is 45.2 Å². The smallest absolute Gasteiger partial charge is 0.234 e. The van der Waals surface area contributed by atoms with Crippen LogP contribution in [0.3, 0.4) is 0 Å². The van der Waals surface area contributed by atoms with Crippen molar-refractivity contribution in [3.63, 3.8) is 0 Å². The Kier molecular flexibility index (Phi) is 6.96. The lowest BCUT2D eigenvalue weighted by atomic mass is 9.99. The molecule has 2 aliphatic rings. The minimum Gasteiger partial charge on any atom is -0.494 e. The zero-order valence-electron chi connectivity index (χ0n) is 18.9. The van der Waals surface area contributed by atoms with Crippen LogP contribution in [0.2, 0.25) is 0 Å². The first-order valence-corrected chi connectivity index (χ1v) is 12.1. The van der Waals surface area contributed by atoms with Gasteiger partial charge in [0.25, 0.3) is 0 Å². The summed E-state index contributed by atoms with van der Waals surface area (Å²) in [7, 11) is 2.14. The third kappa shape index (κ3) is 5.40. The average molecular weight is 451 g/mol. The maximum Gasteiger partial charge on any atom is 0.234 e. The first-order chi connectivity index (χ1) is 15.5. The minimum atomic E-state index is -0.388. The fourth-order valence-electron chi connectivity index (χ4n) is 3.86. The Morgan fingerprint density at radius 1 is 1.09 bits per heavy atom. The molecule has 0 radical (unpaired) electrons. The number of ether oxygens (including phenoxy) is 1. The van der Waals surface area contributed by atoms with E-state index in [1.165, 1.54) is 17.3 Å². The van der Waals surface area contributed by atoms with Crippen molar-refractivity contribution in [1.29, 1.82) is 0 Å². The van der Waals surface area contributed by atoms with Gasteiger partial charge in [0.05, 0.1) is 18.1 Å². The Bertz CT molecular complexity index is 1010. The summed E-state index contributed by atoms with van der Waals surface area (Å²) in [5.74, 6) is 1.02. The summed E-state index contributed by atoms with van der Waals surface area (Å²) in [4.78, 5) is 25.1. The minimum absolute atomic E-state index is 0.0607. The van der Waals surface area contributed by atoms with E-state index < -0.39 is 0 Å². The number of piperidine rings is 1. The van der Waals surface area contributed by atoms with Gasteiger partial charge in [0.1, 0.15) is 10.8 Å². The molecule has 0 saturated carbocycles. The fraction of sp³-hybridized carbons (Fsp3) is 0.400. The molecular formula is C25H30N4O2S. The normalized spacial score (nSPS) is 17.7. The number of hydrogen-bond acceptors (Lipinski definition) is 6. The topological polar surface area (TPSA) is 66.3 Å². The Labute approximate surface area is 194 Å². The number of anilines is 1. The number of likely N-dealkylation sites (tertiary alicyclic amines) is 1. The van der Waals surface area contributed by atoms with Crippen molar-refractivity contribution in [3.8, 4) is 5.75 Å². The van der Waals surface area contributed by atoms with E-state index >= 15 is 0 Å². The van der Waals surface area contributed by atoms with Gasteiger partial charge in [-0.2, -0.15) is 0 Å². The second-order valence-corrected chi connectivity index (χ2v) is 9.29. The molecule has 2 heterocycles. The zero-order chi connectivity index (χ0) is 22.6. The van der Waals surface area contributed by atoms with Crippen LogP contribution in [0, 0.1) is 6.92 Å². The number of aliphatic imine (C=N–C) groups is 2. The molecule has 0 aliphatic carbocycles. The highest BCUT2D eigenvalue weighted by Crippen LogP contribution is 2.35. The SMILES string of the molecule is CCOc1ccc(NC(=O)CSC2=NC3(CCN(C)CC3)N=C2c2ccc(C)cc2)cc1. The molecule has 32 heavy (non-hydrogen) atoms. The molecule has 4 rings (SSSR count). The summed E-state index contributed by atoms with van der Waals surface area (Å²) in [6, 6.07) is 15.8. The number of thioether (sulfide) groups is 1. The predicted octanol–water partition coefficient (Wildman–Crippen LogP) is 4.39. The largest absolute Gasteiger partial charge is 0.494 e. The number of carbonyl (C=O) groups is 1. The Morgan fingerprint density at radius 2 is 1.78 bits per heavy atom. The van der Waals surface area contributed by atoms with Crippen LogP contribution in [-0.2, 0) is 4.79 Å².